The van der Waals surface area contributed by atoms with E-state index in [-0.39, 0.29) is 17.4 Å². The average molecular weight is 247 g/mol. The number of hydrogen-bond acceptors (Lipinski definition) is 3. The van der Waals surface area contributed by atoms with Crippen LogP contribution in [0.5, 0.6) is 0 Å². The maximum atomic E-state index is 10.8. The van der Waals surface area contributed by atoms with Gasteiger partial charge in [0.1, 0.15) is 5.60 Å². The van der Waals surface area contributed by atoms with Gasteiger partial charge < -0.3 is 10.2 Å². The first kappa shape index (κ1) is 12.1. The number of aliphatic hydroxyl groups excluding tert-OH is 1. The summed E-state index contributed by atoms with van der Waals surface area (Å²) in [6.07, 6.45) is 2.84. The summed E-state index contributed by atoms with van der Waals surface area (Å²) in [5.41, 5.74) is 1.51. The van der Waals surface area contributed by atoms with Gasteiger partial charge in [0, 0.05) is 16.5 Å². The number of nitrogens with zero attached hydrogens (tertiary/aromatic N) is 1. The van der Waals surface area contributed by atoms with Gasteiger partial charge in [-0.2, -0.15) is 0 Å². The lowest BCUT2D eigenvalue weighted by atomic mass is 9.86. The van der Waals surface area contributed by atoms with Crippen LogP contribution >= 0.6 is 0 Å². The molecule has 1 aromatic heterocycles. The molecule has 1 atom stereocenters. The fourth-order valence-electron chi connectivity index (χ4n) is 3.15. The van der Waals surface area contributed by atoms with Crippen LogP contribution in [0.3, 0.4) is 0 Å². The first-order valence-corrected chi connectivity index (χ1v) is 6.67. The molecular weight excluding hydrogens is 226 g/mol. The predicted octanol–water partition coefficient (Wildman–Crippen LogP) is 1.90. The maximum Gasteiger partial charge on any atom is 0.135 e. The average Bonchev–Trinajstić information content (AvgIpc) is 3.03. The molecule has 0 saturated heterocycles. The zero-order valence-electron chi connectivity index (χ0n) is 11.3. The Bertz CT molecular complexity index is 500. The Kier molecular flexibility index (Phi) is 2.25. The van der Waals surface area contributed by atoms with Crippen LogP contribution in [0.25, 0.3) is 0 Å². The highest BCUT2D eigenvalue weighted by Gasteiger charge is 2.64. The number of aliphatic hydroxyl groups is 2. The lowest BCUT2D eigenvalue weighted by Crippen LogP contribution is -2.38. The minimum atomic E-state index is -1.12. The highest BCUT2D eigenvalue weighted by Crippen LogP contribution is 2.64. The van der Waals surface area contributed by atoms with Crippen LogP contribution in [0.15, 0.2) is 12.1 Å². The Morgan fingerprint density at radius 1 is 1.28 bits per heavy atom. The van der Waals surface area contributed by atoms with E-state index >= 15 is 0 Å². The molecule has 2 N–H and O–H groups in total. The molecule has 1 fully saturated rings. The van der Waals surface area contributed by atoms with Gasteiger partial charge in [0.25, 0.3) is 0 Å². The van der Waals surface area contributed by atoms with Crippen molar-refractivity contribution in [2.45, 2.75) is 51.0 Å². The summed E-state index contributed by atoms with van der Waals surface area (Å²) in [6, 6.07) is 4.13. The number of pyridine rings is 1. The maximum absolute atomic E-state index is 10.8. The van der Waals surface area contributed by atoms with Crippen LogP contribution in [0.1, 0.15) is 50.6 Å². The first-order chi connectivity index (χ1) is 8.32. The second-order valence-electron chi connectivity index (χ2n) is 6.93. The zero-order valence-corrected chi connectivity index (χ0v) is 11.3. The molecule has 3 rings (SSSR count). The Morgan fingerprint density at radius 2 is 1.94 bits per heavy atom. The van der Waals surface area contributed by atoms with Gasteiger partial charge in [0.15, 0.2) is 0 Å². The third kappa shape index (κ3) is 1.41. The molecule has 1 saturated carbocycles. The Morgan fingerprint density at radius 3 is 2.44 bits per heavy atom. The first-order valence-electron chi connectivity index (χ1n) is 6.67. The highest BCUT2D eigenvalue weighted by molar-refractivity contribution is 5.41. The summed E-state index contributed by atoms with van der Waals surface area (Å²) in [5.74, 6) is 0. The topological polar surface area (TPSA) is 53.4 Å². The van der Waals surface area contributed by atoms with Crippen molar-refractivity contribution in [2.75, 3.05) is 6.61 Å². The summed E-state index contributed by atoms with van der Waals surface area (Å²) in [7, 11) is 0. The number of rotatable bonds is 1. The Hall–Kier alpha value is -0.930. The van der Waals surface area contributed by atoms with Crippen LogP contribution < -0.4 is 0 Å². The molecule has 3 nitrogen and oxygen atoms in total. The van der Waals surface area contributed by atoms with Crippen molar-refractivity contribution in [1.82, 2.24) is 4.98 Å². The molecular formula is C15H21NO2. The summed E-state index contributed by atoms with van der Waals surface area (Å²) in [5, 5.41) is 20.5. The SMILES string of the molecule is CC(C)(C)c1ccc2c(n1)C(O)(CO)C1(CC1)C2. The van der Waals surface area contributed by atoms with Gasteiger partial charge in [0.05, 0.1) is 12.3 Å². The van der Waals surface area contributed by atoms with E-state index in [2.05, 4.69) is 37.9 Å². The second-order valence-corrected chi connectivity index (χ2v) is 6.93. The minimum absolute atomic E-state index is 0.0370. The fraction of sp³-hybridized carbons (Fsp3) is 0.667. The van der Waals surface area contributed by atoms with Crippen molar-refractivity contribution < 1.29 is 10.2 Å². The van der Waals surface area contributed by atoms with Gasteiger partial charge in [-0.05, 0) is 30.9 Å². The standard InChI is InChI=1S/C15H21NO2/c1-13(2,3)11-5-4-10-8-14(6-7-14)15(18,9-17)12(10)16-11/h4-5,17-18H,6-9H2,1-3H3. The van der Waals surface area contributed by atoms with Crippen LogP contribution in [-0.2, 0) is 17.4 Å². The number of aromatic nitrogens is 1. The molecule has 1 spiro atoms. The Balaban J connectivity index is 2.13. The Labute approximate surface area is 108 Å². The van der Waals surface area contributed by atoms with Crippen molar-refractivity contribution in [1.29, 1.82) is 0 Å². The quantitative estimate of drug-likeness (QED) is 0.797. The lowest BCUT2D eigenvalue weighted by molar-refractivity contribution is -0.0722. The molecule has 1 heterocycles. The highest BCUT2D eigenvalue weighted by atomic mass is 16.3. The zero-order chi connectivity index (χ0) is 13.2. The van der Waals surface area contributed by atoms with E-state index in [0.29, 0.717) is 0 Å². The monoisotopic (exact) mass is 247 g/mol. The lowest BCUT2D eigenvalue weighted by Gasteiger charge is -2.29. The summed E-state index contributed by atoms with van der Waals surface area (Å²) < 4.78 is 0. The van der Waals surface area contributed by atoms with Gasteiger partial charge in [-0.15, -0.1) is 0 Å². The van der Waals surface area contributed by atoms with Gasteiger partial charge in [-0.3, -0.25) is 4.98 Å². The van der Waals surface area contributed by atoms with Crippen LogP contribution in [0.2, 0.25) is 0 Å². The van der Waals surface area contributed by atoms with E-state index in [4.69, 9.17) is 0 Å². The van der Waals surface area contributed by atoms with Crippen LogP contribution in [-0.4, -0.2) is 21.8 Å². The molecule has 2 aliphatic rings. The van der Waals surface area contributed by atoms with Crippen LogP contribution in [0.4, 0.5) is 0 Å². The molecule has 1 aromatic rings. The van der Waals surface area contributed by atoms with E-state index in [0.717, 1.165) is 36.2 Å². The molecule has 2 aliphatic carbocycles. The smallest absolute Gasteiger partial charge is 0.135 e. The fourth-order valence-corrected chi connectivity index (χ4v) is 3.15. The van der Waals surface area contributed by atoms with Crippen LogP contribution in [0, 0.1) is 5.41 Å². The molecule has 0 aromatic carbocycles. The van der Waals surface area contributed by atoms with Crippen molar-refractivity contribution in [2.24, 2.45) is 5.41 Å². The third-order valence-electron chi connectivity index (χ3n) is 4.63. The molecule has 1 unspecified atom stereocenters. The third-order valence-corrected chi connectivity index (χ3v) is 4.63. The van der Waals surface area contributed by atoms with Gasteiger partial charge in [-0.1, -0.05) is 26.8 Å². The number of hydrogen-bond donors (Lipinski definition) is 2. The molecule has 0 aliphatic heterocycles. The summed E-state index contributed by atoms with van der Waals surface area (Å²) in [4.78, 5) is 4.67. The van der Waals surface area contributed by atoms with E-state index in [1.807, 2.05) is 0 Å². The number of fused-ring (bicyclic) bond motifs is 1. The molecule has 3 heteroatoms. The van der Waals surface area contributed by atoms with Gasteiger partial charge in [-0.25, -0.2) is 0 Å². The largest absolute Gasteiger partial charge is 0.393 e. The summed E-state index contributed by atoms with van der Waals surface area (Å²) in [6.45, 7) is 6.12. The van der Waals surface area contributed by atoms with E-state index < -0.39 is 5.60 Å². The van der Waals surface area contributed by atoms with Gasteiger partial charge >= 0.3 is 0 Å². The molecule has 0 amide bonds. The minimum Gasteiger partial charge on any atom is -0.393 e. The molecule has 98 valence electrons. The van der Waals surface area contributed by atoms with Crippen molar-refractivity contribution >= 4 is 0 Å². The predicted molar refractivity (Wildman–Crippen MR) is 69.3 cm³/mol. The van der Waals surface area contributed by atoms with Crippen molar-refractivity contribution in [3.05, 3.63) is 29.1 Å². The van der Waals surface area contributed by atoms with Crippen molar-refractivity contribution in [3.8, 4) is 0 Å². The van der Waals surface area contributed by atoms with Gasteiger partial charge in [0.2, 0.25) is 0 Å². The molecule has 0 radical (unpaired) electrons. The summed E-state index contributed by atoms with van der Waals surface area (Å²) >= 11 is 0. The second kappa shape index (κ2) is 3.34. The normalized spacial score (nSPS) is 28.5. The van der Waals surface area contributed by atoms with Crippen molar-refractivity contribution in [3.63, 3.8) is 0 Å². The van der Waals surface area contributed by atoms with E-state index in [1.165, 1.54) is 0 Å². The molecule has 0 bridgehead atoms. The molecule has 18 heavy (non-hydrogen) atoms. The van der Waals surface area contributed by atoms with E-state index in [1.54, 1.807) is 0 Å². The van der Waals surface area contributed by atoms with E-state index in [9.17, 15) is 10.2 Å².